The fourth-order valence-electron chi connectivity index (χ4n) is 4.17. The fourth-order valence-corrected chi connectivity index (χ4v) is 5.11. The van der Waals surface area contributed by atoms with Gasteiger partial charge < -0.3 is 4.74 Å². The zero-order chi connectivity index (χ0) is 37.6. The lowest BCUT2D eigenvalue weighted by atomic mass is 10.0. The summed E-state index contributed by atoms with van der Waals surface area (Å²) in [5.74, 6) is 2.39. The van der Waals surface area contributed by atoms with Gasteiger partial charge in [0, 0.05) is 9.50 Å². The van der Waals surface area contributed by atoms with Crippen LogP contribution in [0.5, 0.6) is 5.75 Å². The van der Waals surface area contributed by atoms with Gasteiger partial charge in [-0.3, -0.25) is 0 Å². The average molecular weight is 800 g/mol. The lowest BCUT2D eigenvalue weighted by Crippen LogP contribution is -2.07. The zero-order valence-electron chi connectivity index (χ0n) is 29.7. The lowest BCUT2D eigenvalue weighted by molar-refractivity contribution is -0.138. The maximum absolute atomic E-state index is 12.5. The first kappa shape index (κ1) is 44.3. The van der Waals surface area contributed by atoms with Crippen LogP contribution in [0.1, 0.15) is 118 Å². The van der Waals surface area contributed by atoms with Crippen LogP contribution >= 0.6 is 50.7 Å². The molecule has 0 saturated heterocycles. The van der Waals surface area contributed by atoms with E-state index in [1.54, 1.807) is 19.2 Å². The van der Waals surface area contributed by atoms with Crippen molar-refractivity contribution in [3.63, 3.8) is 0 Å². The first-order valence-electron chi connectivity index (χ1n) is 15.9. The number of benzene rings is 4. The number of aryl methyl sites for hydroxylation is 1. The van der Waals surface area contributed by atoms with E-state index in [-0.39, 0.29) is 10.4 Å². The van der Waals surface area contributed by atoms with Crippen LogP contribution in [0.25, 0.3) is 0 Å². The van der Waals surface area contributed by atoms with E-state index < -0.39 is 11.7 Å². The van der Waals surface area contributed by atoms with Gasteiger partial charge in [-0.25, -0.2) is 0 Å². The van der Waals surface area contributed by atoms with E-state index in [9.17, 15) is 13.2 Å². The number of hydrogen-bond donors (Lipinski definition) is 0. The molecule has 4 aromatic carbocycles. The Kier molecular flexibility index (Phi) is 18.9. The van der Waals surface area contributed by atoms with Crippen molar-refractivity contribution in [3.8, 4) is 11.8 Å². The van der Waals surface area contributed by atoms with Crippen molar-refractivity contribution in [3.05, 3.63) is 131 Å². The predicted molar refractivity (Wildman–Crippen MR) is 206 cm³/mol. The van der Waals surface area contributed by atoms with Gasteiger partial charge in [-0.05, 0) is 101 Å². The Morgan fingerprint density at radius 2 is 1.04 bits per heavy atom. The summed E-state index contributed by atoms with van der Waals surface area (Å²) in [5.41, 5.74) is 5.56. The summed E-state index contributed by atoms with van der Waals surface area (Å²) in [6.45, 7) is 18.6. The molecule has 0 aromatic heterocycles. The Labute approximate surface area is 314 Å². The number of halogens is 7. The molecule has 0 aliphatic heterocycles. The van der Waals surface area contributed by atoms with E-state index in [1.165, 1.54) is 23.3 Å². The van der Waals surface area contributed by atoms with Crippen molar-refractivity contribution < 1.29 is 17.9 Å². The Morgan fingerprint density at radius 3 is 1.47 bits per heavy atom. The molecule has 49 heavy (non-hydrogen) atoms. The smallest absolute Gasteiger partial charge is 0.417 e. The van der Waals surface area contributed by atoms with Crippen molar-refractivity contribution in [2.24, 2.45) is 0 Å². The van der Waals surface area contributed by atoms with Gasteiger partial charge in [-0.1, -0.05) is 136 Å². The third kappa shape index (κ3) is 15.0. The summed E-state index contributed by atoms with van der Waals surface area (Å²) in [6, 6.07) is 24.0. The van der Waals surface area contributed by atoms with E-state index in [0.29, 0.717) is 38.9 Å². The van der Waals surface area contributed by atoms with Crippen molar-refractivity contribution in [1.82, 2.24) is 0 Å². The molecule has 0 saturated carbocycles. The van der Waals surface area contributed by atoms with Gasteiger partial charge >= 0.3 is 6.18 Å². The predicted octanol–water partition coefficient (Wildman–Crippen LogP) is 15.2. The molecule has 0 unspecified atom stereocenters. The first-order valence-corrected chi connectivity index (χ1v) is 17.8. The van der Waals surface area contributed by atoms with Gasteiger partial charge in [0.25, 0.3) is 0 Å². The number of methoxy groups -OCH3 is 1. The second-order valence-electron chi connectivity index (χ2n) is 12.6. The van der Waals surface area contributed by atoms with Crippen molar-refractivity contribution in [2.75, 3.05) is 7.11 Å². The van der Waals surface area contributed by atoms with E-state index >= 15 is 0 Å². The maximum atomic E-state index is 12.5. The Morgan fingerprint density at radius 1 is 0.633 bits per heavy atom. The summed E-state index contributed by atoms with van der Waals surface area (Å²) in [4.78, 5) is 0. The van der Waals surface area contributed by atoms with E-state index in [2.05, 4.69) is 75.7 Å². The average Bonchev–Trinajstić information content (AvgIpc) is 3.03. The van der Waals surface area contributed by atoms with E-state index in [1.807, 2.05) is 57.2 Å². The minimum Gasteiger partial charge on any atom is -0.495 e. The van der Waals surface area contributed by atoms with Gasteiger partial charge in [0.05, 0.1) is 28.3 Å². The molecular weight excluding hydrogens is 754 g/mol. The quantitative estimate of drug-likeness (QED) is 0.201. The molecule has 0 bridgehead atoms. The molecule has 4 rings (SSSR count). The maximum Gasteiger partial charge on any atom is 0.417 e. The molecule has 0 heterocycles. The van der Waals surface area contributed by atoms with E-state index in [4.69, 9.17) is 44.8 Å². The molecule has 266 valence electrons. The molecule has 9 heteroatoms. The van der Waals surface area contributed by atoms with Crippen LogP contribution < -0.4 is 4.74 Å². The van der Waals surface area contributed by atoms with Crippen LogP contribution in [-0.4, -0.2) is 7.11 Å². The highest BCUT2D eigenvalue weighted by atomic mass is 79.9. The second-order valence-corrected chi connectivity index (χ2v) is 14.7. The van der Waals surface area contributed by atoms with Crippen molar-refractivity contribution in [2.45, 2.75) is 92.2 Å². The molecule has 0 aliphatic rings. The van der Waals surface area contributed by atoms with Crippen molar-refractivity contribution in [1.29, 1.82) is 5.26 Å². The molecule has 2 nitrogen and oxygen atoms in total. The first-order chi connectivity index (χ1) is 22.7. The third-order valence-electron chi connectivity index (χ3n) is 7.43. The molecule has 0 N–H and O–H groups in total. The summed E-state index contributed by atoms with van der Waals surface area (Å²) < 4.78 is 42.6. The normalized spacial score (nSPS) is 10.9. The largest absolute Gasteiger partial charge is 0.495 e. The molecule has 0 spiro atoms. The number of nitriles is 1. The van der Waals surface area contributed by atoms with Crippen LogP contribution in [0, 0.1) is 18.3 Å². The van der Waals surface area contributed by atoms with Crippen LogP contribution in [0.2, 0.25) is 15.1 Å². The third-order valence-corrected chi connectivity index (χ3v) is 9.19. The highest BCUT2D eigenvalue weighted by Crippen LogP contribution is 2.36. The topological polar surface area (TPSA) is 33.0 Å². The number of hydrogen-bond acceptors (Lipinski definition) is 2. The molecule has 0 radical (unpaired) electrons. The summed E-state index contributed by atoms with van der Waals surface area (Å²) >= 11 is 20.4. The Bertz CT molecular complexity index is 1680. The van der Waals surface area contributed by atoms with Gasteiger partial charge in [0.2, 0.25) is 0 Å². The monoisotopic (exact) mass is 797 g/mol. The summed E-state index contributed by atoms with van der Waals surface area (Å²) in [5, 5.41) is 10.7. The lowest BCUT2D eigenvalue weighted by Gasteiger charge is -2.12. The van der Waals surface area contributed by atoms with Gasteiger partial charge in [-0.2, -0.15) is 18.4 Å². The summed E-state index contributed by atoms with van der Waals surface area (Å²) in [6.07, 6.45) is -4.29. The number of alkyl halides is 3. The number of rotatable bonds is 5. The molecule has 0 aliphatic carbocycles. The van der Waals surface area contributed by atoms with Crippen molar-refractivity contribution >= 4 is 50.7 Å². The highest BCUT2D eigenvalue weighted by molar-refractivity contribution is 9.10. The molecular formula is C40H46BrCl3F3NO. The second kappa shape index (κ2) is 20.9. The zero-order valence-corrected chi connectivity index (χ0v) is 33.6. The highest BCUT2D eigenvalue weighted by Gasteiger charge is 2.33. The minimum absolute atomic E-state index is 0.0920. The molecule has 4 aromatic rings. The minimum atomic E-state index is -4.29. The van der Waals surface area contributed by atoms with Crippen LogP contribution in [-0.2, 0) is 6.18 Å². The van der Waals surface area contributed by atoms with Gasteiger partial charge in [-0.15, -0.1) is 0 Å². The SMILES string of the molecule is CC(C)c1ccc(Br)c(C(F)(F)F)c1.CC(C)c1ccc(Cl)c(C#N)c1.COc1cc(C(C)C)ccc1Cl.Cc1cc(C(C)C)ccc1Cl. The van der Waals surface area contributed by atoms with Gasteiger partial charge in [0.15, 0.2) is 0 Å². The summed E-state index contributed by atoms with van der Waals surface area (Å²) in [7, 11) is 1.63. The van der Waals surface area contributed by atoms with Crippen LogP contribution in [0.3, 0.4) is 0 Å². The fraction of sp³-hybridized carbons (Fsp3) is 0.375. The van der Waals surface area contributed by atoms with E-state index in [0.717, 1.165) is 21.9 Å². The molecule has 0 amide bonds. The van der Waals surface area contributed by atoms with Gasteiger partial charge in [0.1, 0.15) is 11.8 Å². The Hall–Kier alpha value is -2.69. The number of nitrogens with zero attached hydrogens (tertiary/aromatic N) is 1. The molecule has 0 atom stereocenters. The standard InChI is InChI=1S/C10H10BrF3.C10H10ClN.C10H13ClO.C10H13Cl/c1-6(2)7-3-4-9(11)8(5-7)10(12,13)14;1-7(2)8-3-4-10(11)9(5-8)6-12;1-7(2)8-4-5-9(11)10(6-8)12-3;1-7(2)9-4-5-10(11)8(3)6-9/h3-6H,1-2H3;3-5,7H,1-2H3;4-7H,1-3H3;4-7H,1-3H3. The number of ether oxygens (including phenoxy) is 1. The molecule has 0 fully saturated rings. The Balaban J connectivity index is 0.000000328. The van der Waals surface area contributed by atoms with Crippen LogP contribution in [0.4, 0.5) is 13.2 Å². The van der Waals surface area contributed by atoms with Crippen LogP contribution in [0.15, 0.2) is 77.3 Å².